The SMILES string of the molecule is Cc1c(Br)nn2cc(C(=O)N3CC4CCC3(C(C)(C)C)[C@@H]4OC(N)=O)cnc12. The Morgan fingerprint density at radius 2 is 2.11 bits per heavy atom. The summed E-state index contributed by atoms with van der Waals surface area (Å²) in [4.78, 5) is 31.3. The van der Waals surface area contributed by atoms with E-state index in [0.29, 0.717) is 22.4 Å². The maximum atomic E-state index is 13.5. The number of aromatic nitrogens is 3. The highest BCUT2D eigenvalue weighted by Gasteiger charge is 2.66. The van der Waals surface area contributed by atoms with Crippen molar-refractivity contribution in [3.8, 4) is 0 Å². The molecule has 2 aromatic rings. The predicted molar refractivity (Wildman–Crippen MR) is 106 cm³/mol. The van der Waals surface area contributed by atoms with Crippen LogP contribution in [0.4, 0.5) is 4.79 Å². The zero-order valence-corrected chi connectivity index (χ0v) is 18.0. The fourth-order valence-electron chi connectivity index (χ4n) is 5.04. The normalized spacial score (nSPS) is 26.8. The zero-order chi connectivity index (χ0) is 20.4. The van der Waals surface area contributed by atoms with Gasteiger partial charge < -0.3 is 15.4 Å². The van der Waals surface area contributed by atoms with Gasteiger partial charge in [0.1, 0.15) is 10.7 Å². The molecule has 28 heavy (non-hydrogen) atoms. The van der Waals surface area contributed by atoms with Crippen molar-refractivity contribution < 1.29 is 14.3 Å². The van der Waals surface area contributed by atoms with Crippen LogP contribution in [0.1, 0.15) is 49.5 Å². The number of piperidine rings is 1. The van der Waals surface area contributed by atoms with E-state index >= 15 is 0 Å². The van der Waals surface area contributed by atoms with Gasteiger partial charge in [-0.3, -0.25) is 4.79 Å². The maximum Gasteiger partial charge on any atom is 0.404 e. The topological polar surface area (TPSA) is 103 Å². The number of aryl methyl sites for hydroxylation is 1. The Balaban J connectivity index is 1.75. The van der Waals surface area contributed by atoms with Gasteiger partial charge in [-0.05, 0) is 41.1 Å². The summed E-state index contributed by atoms with van der Waals surface area (Å²) in [6, 6.07) is 0. The number of hydrogen-bond acceptors (Lipinski definition) is 5. The van der Waals surface area contributed by atoms with E-state index in [9.17, 15) is 9.59 Å². The molecule has 2 amide bonds. The molecule has 0 spiro atoms. The average Bonchev–Trinajstić information content (AvgIpc) is 3.22. The van der Waals surface area contributed by atoms with Crippen molar-refractivity contribution in [2.45, 2.75) is 52.2 Å². The van der Waals surface area contributed by atoms with Gasteiger partial charge in [0.2, 0.25) is 0 Å². The maximum absolute atomic E-state index is 13.5. The molecule has 0 aromatic carbocycles. The molecule has 2 bridgehead atoms. The first-order valence-corrected chi connectivity index (χ1v) is 10.1. The third-order valence-corrected chi connectivity index (χ3v) is 7.13. The minimum Gasteiger partial charge on any atom is -0.443 e. The molecule has 0 radical (unpaired) electrons. The Morgan fingerprint density at radius 1 is 1.39 bits per heavy atom. The van der Waals surface area contributed by atoms with Crippen molar-refractivity contribution in [2.75, 3.05) is 6.54 Å². The third-order valence-electron chi connectivity index (χ3n) is 6.37. The molecule has 2 N–H and O–H groups in total. The fourth-order valence-corrected chi connectivity index (χ4v) is 5.39. The summed E-state index contributed by atoms with van der Waals surface area (Å²) in [6.45, 7) is 8.68. The minimum absolute atomic E-state index is 0.0912. The van der Waals surface area contributed by atoms with E-state index in [2.05, 4.69) is 46.8 Å². The fraction of sp³-hybridized carbons (Fsp3) is 0.579. The van der Waals surface area contributed by atoms with Crippen LogP contribution in [0.2, 0.25) is 0 Å². The van der Waals surface area contributed by atoms with Gasteiger partial charge in [-0.2, -0.15) is 5.10 Å². The molecule has 3 atom stereocenters. The number of primary amides is 1. The van der Waals surface area contributed by atoms with Crippen molar-refractivity contribution in [3.63, 3.8) is 0 Å². The lowest BCUT2D eigenvalue weighted by Crippen LogP contribution is -2.60. The minimum atomic E-state index is -0.792. The Bertz CT molecular complexity index is 982. The second-order valence-corrected chi connectivity index (χ2v) is 9.52. The largest absolute Gasteiger partial charge is 0.443 e. The number of likely N-dealkylation sites (tertiary alicyclic amines) is 1. The van der Waals surface area contributed by atoms with E-state index in [1.807, 2.05) is 11.8 Å². The Kier molecular flexibility index (Phi) is 4.22. The van der Waals surface area contributed by atoms with Gasteiger partial charge in [-0.15, -0.1) is 0 Å². The number of nitrogens with zero attached hydrogens (tertiary/aromatic N) is 4. The lowest BCUT2D eigenvalue weighted by molar-refractivity contribution is -0.0359. The van der Waals surface area contributed by atoms with E-state index in [4.69, 9.17) is 10.5 Å². The smallest absolute Gasteiger partial charge is 0.404 e. The first kappa shape index (κ1) is 19.2. The number of carbonyl (C=O) groups is 2. The van der Waals surface area contributed by atoms with Gasteiger partial charge in [-0.25, -0.2) is 14.3 Å². The van der Waals surface area contributed by atoms with Crippen LogP contribution in [0, 0.1) is 18.3 Å². The van der Waals surface area contributed by atoms with Gasteiger partial charge >= 0.3 is 6.09 Å². The number of ether oxygens (including phenoxy) is 1. The summed E-state index contributed by atoms with van der Waals surface area (Å²) in [5.74, 6) is -0.0395. The van der Waals surface area contributed by atoms with E-state index in [1.54, 1.807) is 16.9 Å². The molecule has 8 nitrogen and oxygen atoms in total. The summed E-state index contributed by atoms with van der Waals surface area (Å²) in [5.41, 5.74) is 6.53. The molecule has 3 heterocycles. The molecule has 1 saturated heterocycles. The first-order chi connectivity index (χ1) is 13.1. The highest BCUT2D eigenvalue weighted by molar-refractivity contribution is 9.10. The second kappa shape index (κ2) is 6.17. The number of halogens is 1. The van der Waals surface area contributed by atoms with Crippen LogP contribution >= 0.6 is 15.9 Å². The summed E-state index contributed by atoms with van der Waals surface area (Å²) in [5, 5.41) is 4.36. The summed E-state index contributed by atoms with van der Waals surface area (Å²) in [6.07, 6.45) is 3.78. The lowest BCUT2D eigenvalue weighted by Gasteiger charge is -2.49. The molecule has 1 saturated carbocycles. The van der Waals surface area contributed by atoms with Crippen molar-refractivity contribution in [3.05, 3.63) is 28.1 Å². The Labute approximate surface area is 171 Å². The molecule has 4 rings (SSSR count). The number of hydrogen-bond donors (Lipinski definition) is 1. The van der Waals surface area contributed by atoms with Gasteiger partial charge in [0.25, 0.3) is 5.91 Å². The molecular weight excluding hydrogens is 426 g/mol. The van der Waals surface area contributed by atoms with Gasteiger partial charge in [-0.1, -0.05) is 20.8 Å². The quantitative estimate of drug-likeness (QED) is 0.758. The third kappa shape index (κ3) is 2.55. The predicted octanol–water partition coefficient (Wildman–Crippen LogP) is 2.91. The molecule has 2 aromatic heterocycles. The number of carbonyl (C=O) groups excluding carboxylic acids is 2. The molecule has 9 heteroatoms. The van der Waals surface area contributed by atoms with E-state index in [1.165, 1.54) is 0 Å². The number of rotatable bonds is 2. The Morgan fingerprint density at radius 3 is 2.75 bits per heavy atom. The molecule has 2 aliphatic rings. The number of nitrogens with two attached hydrogens (primary N) is 1. The van der Waals surface area contributed by atoms with Gasteiger partial charge in [0, 0.05) is 30.4 Å². The van der Waals surface area contributed by atoms with Gasteiger partial charge in [0.15, 0.2) is 5.65 Å². The monoisotopic (exact) mass is 449 g/mol. The van der Waals surface area contributed by atoms with Crippen molar-refractivity contribution >= 4 is 33.6 Å². The van der Waals surface area contributed by atoms with Crippen LogP contribution in [0.15, 0.2) is 17.0 Å². The molecular formula is C19H24BrN5O3. The van der Waals surface area contributed by atoms with Crippen LogP contribution in [-0.4, -0.2) is 49.7 Å². The van der Waals surface area contributed by atoms with Crippen LogP contribution in [0.5, 0.6) is 0 Å². The molecule has 1 aliphatic heterocycles. The van der Waals surface area contributed by atoms with Crippen molar-refractivity contribution in [1.29, 1.82) is 0 Å². The summed E-state index contributed by atoms with van der Waals surface area (Å²) < 4.78 is 7.85. The highest BCUT2D eigenvalue weighted by Crippen LogP contribution is 2.56. The molecule has 1 aliphatic carbocycles. The van der Waals surface area contributed by atoms with Crippen LogP contribution in [0.3, 0.4) is 0 Å². The summed E-state index contributed by atoms with van der Waals surface area (Å²) in [7, 11) is 0. The van der Waals surface area contributed by atoms with E-state index in [0.717, 1.165) is 18.4 Å². The summed E-state index contributed by atoms with van der Waals surface area (Å²) >= 11 is 3.40. The van der Waals surface area contributed by atoms with E-state index < -0.39 is 17.7 Å². The second-order valence-electron chi connectivity index (χ2n) is 8.77. The zero-order valence-electron chi connectivity index (χ0n) is 16.4. The average molecular weight is 450 g/mol. The highest BCUT2D eigenvalue weighted by atomic mass is 79.9. The Hall–Kier alpha value is -2.16. The number of amides is 2. The molecule has 150 valence electrons. The van der Waals surface area contributed by atoms with Crippen LogP contribution in [0.25, 0.3) is 5.65 Å². The van der Waals surface area contributed by atoms with Crippen LogP contribution < -0.4 is 5.73 Å². The van der Waals surface area contributed by atoms with Crippen molar-refractivity contribution in [2.24, 2.45) is 17.1 Å². The lowest BCUT2D eigenvalue weighted by atomic mass is 9.70. The van der Waals surface area contributed by atoms with E-state index in [-0.39, 0.29) is 17.2 Å². The standard InChI is InChI=1S/C19H24BrN5O3/c1-10-14(20)23-25-9-12(7-22-15(10)25)16(26)24-8-11-5-6-19(24,18(2,3)4)13(11)28-17(21)27/h7,9,11,13H,5-6,8H2,1-4H3,(H2,21,27)/t11?,13-,19?/m1/s1. The van der Waals surface area contributed by atoms with Gasteiger partial charge in [0.05, 0.1) is 11.1 Å². The van der Waals surface area contributed by atoms with Crippen molar-refractivity contribution in [1.82, 2.24) is 19.5 Å². The van der Waals surface area contributed by atoms with Crippen LogP contribution in [-0.2, 0) is 4.74 Å². The number of fused-ring (bicyclic) bond motifs is 3. The molecule has 2 fully saturated rings. The first-order valence-electron chi connectivity index (χ1n) is 9.35. The molecule has 2 unspecified atom stereocenters.